The third kappa shape index (κ3) is 6.91. The summed E-state index contributed by atoms with van der Waals surface area (Å²) >= 11 is 0. The standard InChI is InChI=1S/C16H24N2O6/c1-11(6-14(19)24-16(2,3)4)9-23-10-12-7-13(18(20)21)15(22-5)17-8-12/h7-8,11H,6,9-10H2,1-5H3/t11-/m0/s1. The molecule has 0 aliphatic rings. The molecule has 8 heteroatoms. The molecule has 1 aromatic rings. The third-order valence-electron chi connectivity index (χ3n) is 2.89. The van der Waals surface area contributed by atoms with Crippen molar-refractivity contribution in [2.24, 2.45) is 5.92 Å². The number of nitro groups is 1. The molecule has 0 aliphatic carbocycles. The quantitative estimate of drug-likeness (QED) is 0.407. The Labute approximate surface area is 141 Å². The van der Waals surface area contributed by atoms with Crippen LogP contribution >= 0.6 is 0 Å². The normalized spacial score (nSPS) is 12.5. The maximum atomic E-state index is 11.7. The molecule has 0 spiro atoms. The van der Waals surface area contributed by atoms with Crippen LogP contribution in [0.4, 0.5) is 5.69 Å². The topological polar surface area (TPSA) is 101 Å². The zero-order chi connectivity index (χ0) is 18.3. The zero-order valence-corrected chi connectivity index (χ0v) is 14.7. The Morgan fingerprint density at radius 3 is 2.62 bits per heavy atom. The van der Waals surface area contributed by atoms with Crippen LogP contribution in [0.5, 0.6) is 5.88 Å². The van der Waals surface area contributed by atoms with Crippen LogP contribution in [-0.2, 0) is 20.9 Å². The highest BCUT2D eigenvalue weighted by Gasteiger charge is 2.19. The van der Waals surface area contributed by atoms with Crippen molar-refractivity contribution < 1.29 is 23.9 Å². The number of pyridine rings is 1. The van der Waals surface area contributed by atoms with Crippen LogP contribution in [-0.4, -0.2) is 35.2 Å². The molecule has 0 amide bonds. The summed E-state index contributed by atoms with van der Waals surface area (Å²) < 4.78 is 15.6. The van der Waals surface area contributed by atoms with Crippen LogP contribution in [0.2, 0.25) is 0 Å². The second-order valence-electron chi connectivity index (χ2n) is 6.54. The number of hydrogen-bond acceptors (Lipinski definition) is 7. The smallest absolute Gasteiger partial charge is 0.331 e. The summed E-state index contributed by atoms with van der Waals surface area (Å²) in [6.07, 6.45) is 1.71. The Bertz CT molecular complexity index is 582. The molecule has 0 aliphatic heterocycles. The lowest BCUT2D eigenvalue weighted by Crippen LogP contribution is -2.25. The molecule has 24 heavy (non-hydrogen) atoms. The number of rotatable bonds is 8. The first-order chi connectivity index (χ1) is 11.1. The summed E-state index contributed by atoms with van der Waals surface area (Å²) in [7, 11) is 1.32. The molecule has 0 N–H and O–H groups in total. The molecule has 0 saturated carbocycles. The predicted octanol–water partition coefficient (Wildman–Crippen LogP) is 2.88. The van der Waals surface area contributed by atoms with Crippen molar-refractivity contribution in [1.82, 2.24) is 4.98 Å². The predicted molar refractivity (Wildman–Crippen MR) is 86.7 cm³/mol. The fourth-order valence-electron chi connectivity index (χ4n) is 1.95. The van der Waals surface area contributed by atoms with E-state index in [1.165, 1.54) is 19.4 Å². The van der Waals surface area contributed by atoms with Gasteiger partial charge in [0.1, 0.15) is 5.60 Å². The highest BCUT2D eigenvalue weighted by Crippen LogP contribution is 2.24. The first kappa shape index (κ1) is 19.8. The number of carbonyl (C=O) groups is 1. The zero-order valence-electron chi connectivity index (χ0n) is 14.7. The van der Waals surface area contributed by atoms with Crippen LogP contribution in [0.15, 0.2) is 12.3 Å². The minimum Gasteiger partial charge on any atom is -0.476 e. The number of hydrogen-bond donors (Lipinski definition) is 0. The molecule has 8 nitrogen and oxygen atoms in total. The molecule has 134 valence electrons. The molecule has 1 aromatic heterocycles. The molecule has 0 radical (unpaired) electrons. The van der Waals surface area contributed by atoms with E-state index in [1.54, 1.807) is 0 Å². The van der Waals surface area contributed by atoms with Gasteiger partial charge in [0.15, 0.2) is 0 Å². The van der Waals surface area contributed by atoms with E-state index in [-0.39, 0.29) is 36.5 Å². The molecule has 0 unspecified atom stereocenters. The van der Waals surface area contributed by atoms with Crippen molar-refractivity contribution in [1.29, 1.82) is 0 Å². The molecule has 0 aromatic carbocycles. The Morgan fingerprint density at radius 2 is 2.08 bits per heavy atom. The first-order valence-electron chi connectivity index (χ1n) is 7.59. The summed E-state index contributed by atoms with van der Waals surface area (Å²) in [4.78, 5) is 26.0. The number of methoxy groups -OCH3 is 1. The molecule has 1 heterocycles. The van der Waals surface area contributed by atoms with Crippen molar-refractivity contribution >= 4 is 11.7 Å². The van der Waals surface area contributed by atoms with Gasteiger partial charge in [-0.3, -0.25) is 14.9 Å². The Morgan fingerprint density at radius 1 is 1.42 bits per heavy atom. The van der Waals surface area contributed by atoms with E-state index < -0.39 is 10.5 Å². The largest absolute Gasteiger partial charge is 0.476 e. The number of aromatic nitrogens is 1. The SMILES string of the molecule is COc1ncc(COC[C@@H](C)CC(=O)OC(C)(C)C)cc1[N+](=O)[O-]. The van der Waals surface area contributed by atoms with Gasteiger partial charge in [-0.15, -0.1) is 0 Å². The monoisotopic (exact) mass is 340 g/mol. The highest BCUT2D eigenvalue weighted by molar-refractivity contribution is 5.70. The van der Waals surface area contributed by atoms with Crippen molar-refractivity contribution in [2.75, 3.05) is 13.7 Å². The van der Waals surface area contributed by atoms with Crippen molar-refractivity contribution in [3.8, 4) is 5.88 Å². The minimum absolute atomic E-state index is 0.0268. The van der Waals surface area contributed by atoms with Gasteiger partial charge in [-0.25, -0.2) is 4.98 Å². The van der Waals surface area contributed by atoms with Gasteiger partial charge in [0, 0.05) is 17.8 Å². The van der Waals surface area contributed by atoms with Crippen molar-refractivity contribution in [2.45, 2.75) is 46.3 Å². The van der Waals surface area contributed by atoms with E-state index >= 15 is 0 Å². The maximum Gasteiger partial charge on any atom is 0.331 e. The molecule has 0 bridgehead atoms. The molecule has 1 atom stereocenters. The van der Waals surface area contributed by atoms with Gasteiger partial charge in [0.05, 0.1) is 31.7 Å². The lowest BCUT2D eigenvalue weighted by Gasteiger charge is -2.20. The number of esters is 1. The lowest BCUT2D eigenvalue weighted by atomic mass is 10.1. The lowest BCUT2D eigenvalue weighted by molar-refractivity contribution is -0.386. The molecule has 1 rings (SSSR count). The molecular weight excluding hydrogens is 316 g/mol. The second kappa shape index (κ2) is 8.58. The highest BCUT2D eigenvalue weighted by atomic mass is 16.6. The fraction of sp³-hybridized carbons (Fsp3) is 0.625. The van der Waals surface area contributed by atoms with E-state index in [0.717, 1.165) is 0 Å². The van der Waals surface area contributed by atoms with Crippen LogP contribution < -0.4 is 4.74 Å². The first-order valence-corrected chi connectivity index (χ1v) is 7.59. The Kier molecular flexibility index (Phi) is 7.09. The van der Waals surface area contributed by atoms with Gasteiger partial charge < -0.3 is 14.2 Å². The number of ether oxygens (including phenoxy) is 3. The maximum absolute atomic E-state index is 11.7. The second-order valence-corrected chi connectivity index (χ2v) is 6.54. The number of carbonyl (C=O) groups excluding carboxylic acids is 1. The van der Waals surface area contributed by atoms with Crippen molar-refractivity contribution in [3.63, 3.8) is 0 Å². The average molecular weight is 340 g/mol. The molecule has 0 saturated heterocycles. The fourth-order valence-corrected chi connectivity index (χ4v) is 1.95. The van der Waals surface area contributed by atoms with E-state index in [0.29, 0.717) is 12.2 Å². The minimum atomic E-state index is -0.555. The van der Waals surface area contributed by atoms with E-state index in [1.807, 2.05) is 27.7 Å². The third-order valence-corrected chi connectivity index (χ3v) is 2.89. The summed E-state index contributed by atoms with van der Waals surface area (Å²) in [6.45, 7) is 7.81. The van der Waals surface area contributed by atoms with Gasteiger partial charge in [0.2, 0.25) is 0 Å². The van der Waals surface area contributed by atoms with E-state index in [2.05, 4.69) is 4.98 Å². The van der Waals surface area contributed by atoms with Crippen LogP contribution in [0, 0.1) is 16.0 Å². The van der Waals surface area contributed by atoms with Gasteiger partial charge in [-0.2, -0.15) is 0 Å². The van der Waals surface area contributed by atoms with E-state index in [4.69, 9.17) is 14.2 Å². The summed E-state index contributed by atoms with van der Waals surface area (Å²) in [5.41, 5.74) is -0.155. The van der Waals surface area contributed by atoms with Crippen LogP contribution in [0.3, 0.4) is 0 Å². The number of nitrogens with zero attached hydrogens (tertiary/aromatic N) is 2. The van der Waals surface area contributed by atoms with Crippen molar-refractivity contribution in [3.05, 3.63) is 27.9 Å². The summed E-state index contributed by atoms with van der Waals surface area (Å²) in [6, 6.07) is 1.37. The van der Waals surface area contributed by atoms with Crippen LogP contribution in [0.25, 0.3) is 0 Å². The Balaban J connectivity index is 2.48. The van der Waals surface area contributed by atoms with Crippen LogP contribution in [0.1, 0.15) is 39.7 Å². The van der Waals surface area contributed by atoms with Gasteiger partial charge in [-0.1, -0.05) is 6.92 Å². The molecular formula is C16H24N2O6. The van der Waals surface area contributed by atoms with E-state index in [9.17, 15) is 14.9 Å². The average Bonchev–Trinajstić information content (AvgIpc) is 2.44. The van der Waals surface area contributed by atoms with Gasteiger partial charge in [0.25, 0.3) is 5.88 Å². The summed E-state index contributed by atoms with van der Waals surface area (Å²) in [5, 5.41) is 10.9. The van der Waals surface area contributed by atoms with Gasteiger partial charge >= 0.3 is 11.7 Å². The Hall–Kier alpha value is -2.22. The summed E-state index contributed by atoms with van der Waals surface area (Å²) in [5.74, 6) is -0.344. The molecule has 0 fully saturated rings. The van der Waals surface area contributed by atoms with Gasteiger partial charge in [-0.05, 0) is 26.7 Å².